The van der Waals surface area contributed by atoms with Gasteiger partial charge in [0.05, 0.1) is 0 Å². The highest BCUT2D eigenvalue weighted by Gasteiger charge is 2.32. The van der Waals surface area contributed by atoms with Crippen LogP contribution in [0.1, 0.15) is 8.95 Å². The van der Waals surface area contributed by atoms with E-state index >= 15 is 0 Å². The SMILES string of the molecule is FC(F)(F)Oc1ccccc1C(Cl)I. The summed E-state index contributed by atoms with van der Waals surface area (Å²) in [4.78, 5) is 0. The minimum Gasteiger partial charge on any atom is -0.405 e. The fourth-order valence-corrected chi connectivity index (χ4v) is 1.57. The summed E-state index contributed by atoms with van der Waals surface area (Å²) >= 11 is 7.48. The molecule has 0 heterocycles. The third-order valence-corrected chi connectivity index (χ3v) is 2.29. The first kappa shape index (κ1) is 11.9. The van der Waals surface area contributed by atoms with E-state index in [9.17, 15) is 13.2 Å². The van der Waals surface area contributed by atoms with Gasteiger partial charge in [-0.05, 0) is 6.07 Å². The molecule has 14 heavy (non-hydrogen) atoms. The zero-order chi connectivity index (χ0) is 10.8. The molecule has 0 amide bonds. The molecule has 0 saturated carbocycles. The lowest BCUT2D eigenvalue weighted by molar-refractivity contribution is -0.274. The highest BCUT2D eigenvalue weighted by molar-refractivity contribution is 14.1. The second kappa shape index (κ2) is 4.57. The van der Waals surface area contributed by atoms with E-state index < -0.39 is 9.75 Å². The maximum absolute atomic E-state index is 11.9. The molecule has 1 unspecified atom stereocenters. The Bertz CT molecular complexity index is 314. The van der Waals surface area contributed by atoms with Gasteiger partial charge in [-0.3, -0.25) is 0 Å². The minimum atomic E-state index is -4.68. The Labute approximate surface area is 97.3 Å². The van der Waals surface area contributed by atoms with Gasteiger partial charge in [0.1, 0.15) is 9.13 Å². The number of hydrogen-bond acceptors (Lipinski definition) is 1. The predicted octanol–water partition coefficient (Wildman–Crippen LogP) is 4.26. The molecule has 78 valence electrons. The summed E-state index contributed by atoms with van der Waals surface area (Å²) in [5, 5.41) is 0. The molecular formula is C8H5ClF3IO. The van der Waals surface area contributed by atoms with Crippen molar-refractivity contribution in [2.75, 3.05) is 0 Å². The summed E-state index contributed by atoms with van der Waals surface area (Å²) in [6.45, 7) is 0. The number of benzene rings is 1. The molecule has 6 heteroatoms. The van der Waals surface area contributed by atoms with Gasteiger partial charge in [0, 0.05) is 5.56 Å². The Morgan fingerprint density at radius 3 is 2.36 bits per heavy atom. The first-order valence-electron chi connectivity index (χ1n) is 3.53. The van der Waals surface area contributed by atoms with Crippen molar-refractivity contribution in [3.8, 4) is 5.75 Å². The molecule has 0 aliphatic rings. The van der Waals surface area contributed by atoms with Crippen LogP contribution in [-0.2, 0) is 0 Å². The highest BCUT2D eigenvalue weighted by atomic mass is 127. The molecule has 0 aromatic heterocycles. The molecule has 0 bridgehead atoms. The van der Waals surface area contributed by atoms with Crippen molar-refractivity contribution in [2.24, 2.45) is 0 Å². The summed E-state index contributed by atoms with van der Waals surface area (Å²) in [7, 11) is 0. The van der Waals surface area contributed by atoms with Gasteiger partial charge in [-0.15, -0.1) is 24.8 Å². The molecular weight excluding hydrogens is 331 g/mol. The van der Waals surface area contributed by atoms with Crippen LogP contribution in [0, 0.1) is 0 Å². The Kier molecular flexibility index (Phi) is 3.88. The first-order valence-corrected chi connectivity index (χ1v) is 5.21. The second-order valence-corrected chi connectivity index (χ2v) is 4.80. The highest BCUT2D eigenvalue weighted by Crippen LogP contribution is 2.36. The molecule has 1 aromatic carbocycles. The third-order valence-electron chi connectivity index (χ3n) is 1.38. The van der Waals surface area contributed by atoms with Gasteiger partial charge in [-0.2, -0.15) is 0 Å². The molecule has 1 rings (SSSR count). The molecule has 1 nitrogen and oxygen atoms in total. The first-order chi connectivity index (χ1) is 6.40. The van der Waals surface area contributed by atoms with Crippen LogP contribution < -0.4 is 4.74 Å². The lowest BCUT2D eigenvalue weighted by Crippen LogP contribution is -2.18. The summed E-state index contributed by atoms with van der Waals surface area (Å²) in [6, 6.07) is 5.79. The smallest absolute Gasteiger partial charge is 0.405 e. The number of rotatable bonds is 2. The summed E-state index contributed by atoms with van der Waals surface area (Å²) in [6.07, 6.45) is -4.68. The molecule has 0 radical (unpaired) electrons. The van der Waals surface area contributed by atoms with Crippen LogP contribution in [0.3, 0.4) is 0 Å². The average Bonchev–Trinajstić information content (AvgIpc) is 2.01. The molecule has 0 aliphatic carbocycles. The van der Waals surface area contributed by atoms with Crippen LogP contribution in [0.15, 0.2) is 24.3 Å². The van der Waals surface area contributed by atoms with Crippen LogP contribution in [0.25, 0.3) is 0 Å². The van der Waals surface area contributed by atoms with E-state index in [4.69, 9.17) is 11.6 Å². The largest absolute Gasteiger partial charge is 0.573 e. The maximum Gasteiger partial charge on any atom is 0.573 e. The van der Waals surface area contributed by atoms with Gasteiger partial charge in [0.15, 0.2) is 0 Å². The van der Waals surface area contributed by atoms with E-state index in [-0.39, 0.29) is 5.75 Å². The van der Waals surface area contributed by atoms with Crippen molar-refractivity contribution in [1.82, 2.24) is 0 Å². The summed E-state index contributed by atoms with van der Waals surface area (Å²) in [5.41, 5.74) is 0.312. The monoisotopic (exact) mass is 336 g/mol. The fraction of sp³-hybridized carbons (Fsp3) is 0.250. The number of alkyl halides is 5. The number of halogens is 5. The minimum absolute atomic E-state index is 0.255. The van der Waals surface area contributed by atoms with Crippen molar-refractivity contribution < 1.29 is 17.9 Å². The average molecular weight is 336 g/mol. The van der Waals surface area contributed by atoms with E-state index in [0.29, 0.717) is 5.56 Å². The van der Waals surface area contributed by atoms with E-state index in [1.807, 2.05) is 0 Å². The van der Waals surface area contributed by atoms with Gasteiger partial charge in [0.25, 0.3) is 0 Å². The Balaban J connectivity index is 2.96. The number of hydrogen-bond donors (Lipinski definition) is 0. The van der Waals surface area contributed by atoms with Crippen LogP contribution >= 0.6 is 34.2 Å². The molecule has 0 saturated heterocycles. The van der Waals surface area contributed by atoms with Crippen LogP contribution in [0.2, 0.25) is 0 Å². The number of ether oxygens (including phenoxy) is 1. The van der Waals surface area contributed by atoms with E-state index in [0.717, 1.165) is 0 Å². The Morgan fingerprint density at radius 2 is 1.86 bits per heavy atom. The van der Waals surface area contributed by atoms with Gasteiger partial charge in [-0.25, -0.2) is 0 Å². The normalized spacial score (nSPS) is 13.8. The van der Waals surface area contributed by atoms with Gasteiger partial charge in [0.2, 0.25) is 0 Å². The fourth-order valence-electron chi connectivity index (χ4n) is 0.878. The molecule has 0 N–H and O–H groups in total. The predicted molar refractivity (Wildman–Crippen MR) is 55.7 cm³/mol. The van der Waals surface area contributed by atoms with Gasteiger partial charge < -0.3 is 4.74 Å². The van der Waals surface area contributed by atoms with Crippen LogP contribution in [0.5, 0.6) is 5.75 Å². The van der Waals surface area contributed by atoms with E-state index in [1.54, 1.807) is 28.7 Å². The molecule has 0 spiro atoms. The molecule has 0 fully saturated rings. The van der Waals surface area contributed by atoms with Crippen LogP contribution in [0.4, 0.5) is 13.2 Å². The van der Waals surface area contributed by atoms with Crippen molar-refractivity contribution >= 4 is 34.2 Å². The topological polar surface area (TPSA) is 9.23 Å². The molecule has 0 aliphatic heterocycles. The van der Waals surface area contributed by atoms with Gasteiger partial charge >= 0.3 is 6.36 Å². The maximum atomic E-state index is 11.9. The lowest BCUT2D eigenvalue weighted by Gasteiger charge is -2.13. The van der Waals surface area contributed by atoms with Crippen molar-refractivity contribution in [1.29, 1.82) is 0 Å². The second-order valence-electron chi connectivity index (χ2n) is 2.39. The standard InChI is InChI=1S/C8H5ClF3IO/c9-7(13)5-3-1-2-4-6(5)14-8(10,11)12/h1-4,7H. The van der Waals surface area contributed by atoms with Crippen molar-refractivity contribution in [2.45, 2.75) is 9.75 Å². The summed E-state index contributed by atoms with van der Waals surface area (Å²) < 4.78 is 39.0. The summed E-state index contributed by atoms with van der Waals surface area (Å²) in [5.74, 6) is -0.255. The van der Waals surface area contributed by atoms with Gasteiger partial charge in [-0.1, -0.05) is 40.8 Å². The Morgan fingerprint density at radius 1 is 1.29 bits per heavy atom. The van der Waals surface area contributed by atoms with Crippen molar-refractivity contribution in [3.05, 3.63) is 29.8 Å². The van der Waals surface area contributed by atoms with E-state index in [1.165, 1.54) is 18.2 Å². The third kappa shape index (κ3) is 3.53. The number of para-hydroxylation sites is 1. The molecule has 1 aromatic rings. The zero-order valence-corrected chi connectivity index (χ0v) is 9.60. The lowest BCUT2D eigenvalue weighted by atomic mass is 10.2. The zero-order valence-electron chi connectivity index (χ0n) is 6.68. The van der Waals surface area contributed by atoms with Crippen molar-refractivity contribution in [3.63, 3.8) is 0 Å². The van der Waals surface area contributed by atoms with E-state index in [2.05, 4.69) is 4.74 Å². The Hall–Kier alpha value is -0.170. The molecule has 1 atom stereocenters. The van der Waals surface area contributed by atoms with Crippen LogP contribution in [-0.4, -0.2) is 6.36 Å². The quantitative estimate of drug-likeness (QED) is 0.579.